The number of allylic oxidation sites excluding steroid dienone is 2. The number of hydrogen-bond acceptors (Lipinski definition) is 4. The van der Waals surface area contributed by atoms with Crippen LogP contribution in [-0.4, -0.2) is 20.9 Å². The molecule has 2 aromatic carbocycles. The number of benzene rings is 2. The van der Waals surface area contributed by atoms with Crippen molar-refractivity contribution in [1.82, 2.24) is 9.97 Å². The Morgan fingerprint density at radius 3 is 2.19 bits per heavy atom. The molecule has 0 aliphatic carbocycles. The predicted molar refractivity (Wildman–Crippen MR) is 145 cm³/mol. The first kappa shape index (κ1) is 29.4. The third-order valence-corrected chi connectivity index (χ3v) is 5.74. The second-order valence-corrected chi connectivity index (χ2v) is 11.1. The summed E-state index contributed by atoms with van der Waals surface area (Å²) in [7, 11) is 0. The Balaban J connectivity index is 0.000000285. The van der Waals surface area contributed by atoms with Gasteiger partial charge in [-0.2, -0.15) is 0 Å². The Labute approximate surface area is 228 Å². The van der Waals surface area contributed by atoms with Gasteiger partial charge < -0.3 is 10.1 Å². The van der Waals surface area contributed by atoms with E-state index in [1.165, 1.54) is 22.4 Å². The van der Waals surface area contributed by atoms with Crippen LogP contribution in [0.5, 0.6) is 0 Å². The molecule has 1 N–H and O–H groups in total. The number of aryl methyl sites for hydroxylation is 2. The average molecular weight is 660 g/mol. The number of aromatic nitrogens is 2. The van der Waals surface area contributed by atoms with Crippen LogP contribution in [0.15, 0.2) is 66.8 Å². The largest absolute Gasteiger partial charge is 0.512 e. The Morgan fingerprint density at radius 2 is 1.58 bits per heavy atom. The van der Waals surface area contributed by atoms with Crippen LogP contribution in [0.2, 0.25) is 0 Å². The molecule has 5 heteroatoms. The molecule has 0 fully saturated rings. The summed E-state index contributed by atoms with van der Waals surface area (Å²) in [6.07, 6.45) is 6.95. The molecular weight excluding hydrogens is 625 g/mol. The Bertz CT molecular complexity index is 1390. The number of nitrogens with zero attached hydrogens (tertiary/aromatic N) is 2. The summed E-state index contributed by atoms with van der Waals surface area (Å²) < 4.78 is 0. The van der Waals surface area contributed by atoms with Crippen molar-refractivity contribution < 1.29 is 30.0 Å². The van der Waals surface area contributed by atoms with Crippen molar-refractivity contribution in [2.24, 2.45) is 10.8 Å². The minimum Gasteiger partial charge on any atom is -0.512 e. The van der Waals surface area contributed by atoms with E-state index in [-0.39, 0.29) is 37.1 Å². The fraction of sp³-hybridized carbons (Fsp3) is 0.323. The smallest absolute Gasteiger partial charge is 0.164 e. The normalized spacial score (nSPS) is 12.1. The van der Waals surface area contributed by atoms with Gasteiger partial charge in [0, 0.05) is 61.0 Å². The maximum atomic E-state index is 11.5. The molecule has 191 valence electrons. The number of hydrogen-bond donors (Lipinski definition) is 1. The van der Waals surface area contributed by atoms with E-state index in [9.17, 15) is 9.90 Å². The zero-order valence-corrected chi connectivity index (χ0v) is 24.8. The number of fused-ring (bicyclic) bond motifs is 3. The van der Waals surface area contributed by atoms with Gasteiger partial charge in [-0.15, -0.1) is 34.9 Å². The van der Waals surface area contributed by atoms with Crippen LogP contribution < -0.4 is 0 Å². The van der Waals surface area contributed by atoms with Crippen molar-refractivity contribution in [3.05, 3.63) is 84.0 Å². The van der Waals surface area contributed by atoms with Gasteiger partial charge in [0.05, 0.1) is 0 Å². The third kappa shape index (κ3) is 7.09. The van der Waals surface area contributed by atoms with Gasteiger partial charge in [0.25, 0.3) is 0 Å². The van der Waals surface area contributed by atoms with Crippen LogP contribution in [0, 0.1) is 30.7 Å². The van der Waals surface area contributed by atoms with Gasteiger partial charge >= 0.3 is 0 Å². The molecule has 4 nitrogen and oxygen atoms in total. The summed E-state index contributed by atoms with van der Waals surface area (Å²) in [6.45, 7) is 15.3. The van der Waals surface area contributed by atoms with Crippen LogP contribution in [0.3, 0.4) is 0 Å². The van der Waals surface area contributed by atoms with Gasteiger partial charge in [-0.1, -0.05) is 67.5 Å². The number of carbonyl (C=O) groups excluding carboxylic acids is 1. The van der Waals surface area contributed by atoms with Crippen molar-refractivity contribution in [1.29, 1.82) is 0 Å². The van der Waals surface area contributed by atoms with Gasteiger partial charge in [0.15, 0.2) is 5.78 Å². The second kappa shape index (κ2) is 11.5. The van der Waals surface area contributed by atoms with E-state index < -0.39 is 5.41 Å². The fourth-order valence-electron chi connectivity index (χ4n) is 3.62. The van der Waals surface area contributed by atoms with Crippen LogP contribution in [0.4, 0.5) is 0 Å². The number of ketones is 1. The molecule has 2 heterocycles. The number of carbonyl (C=O) groups is 1. The molecule has 36 heavy (non-hydrogen) atoms. The number of pyridine rings is 2. The van der Waals surface area contributed by atoms with Gasteiger partial charge in [0.2, 0.25) is 0 Å². The molecule has 4 aromatic rings. The van der Waals surface area contributed by atoms with Crippen molar-refractivity contribution >= 4 is 27.3 Å². The standard InChI is InChI=1S/C20H15N2.C11H20O2.Ir/c1-13-9-14(2)11-16(10-13)20-18-4-3-15-5-7-21-12-19(15)17(18)6-8-22-20;1-10(2,3)8(12)7-9(13)11(4,5)6;/h3-10,12H,1-2H3;7,12H,1-6H3;/q-1;;/b;8-7-;. The molecule has 0 amide bonds. The molecule has 1 radical (unpaired) electrons. The minimum absolute atomic E-state index is 0. The molecule has 0 spiro atoms. The van der Waals surface area contributed by atoms with E-state index in [4.69, 9.17) is 0 Å². The van der Waals surface area contributed by atoms with E-state index in [0.717, 1.165) is 27.6 Å². The van der Waals surface area contributed by atoms with E-state index in [2.05, 4.69) is 60.2 Å². The van der Waals surface area contributed by atoms with Crippen LogP contribution in [0.25, 0.3) is 32.8 Å². The summed E-state index contributed by atoms with van der Waals surface area (Å²) in [5.74, 6) is 0.104. The topological polar surface area (TPSA) is 63.1 Å². The zero-order valence-electron chi connectivity index (χ0n) is 22.4. The van der Waals surface area contributed by atoms with Crippen molar-refractivity contribution in [2.75, 3.05) is 0 Å². The monoisotopic (exact) mass is 660 g/mol. The predicted octanol–water partition coefficient (Wildman–Crippen LogP) is 7.95. The molecule has 0 saturated carbocycles. The maximum absolute atomic E-state index is 11.5. The molecule has 0 saturated heterocycles. The number of aliphatic hydroxyl groups excluding tert-OH is 1. The molecule has 0 atom stereocenters. The first-order valence-corrected chi connectivity index (χ1v) is 11.9. The van der Waals surface area contributed by atoms with E-state index >= 15 is 0 Å². The summed E-state index contributed by atoms with van der Waals surface area (Å²) in [5, 5.41) is 14.2. The minimum atomic E-state index is -0.417. The van der Waals surface area contributed by atoms with Crippen LogP contribution >= 0.6 is 0 Å². The Hall–Kier alpha value is -2.88. The van der Waals surface area contributed by atoms with E-state index in [1.54, 1.807) is 0 Å². The average Bonchev–Trinajstić information content (AvgIpc) is 2.77. The fourth-order valence-corrected chi connectivity index (χ4v) is 3.62. The number of rotatable bonds is 2. The van der Waals surface area contributed by atoms with Crippen molar-refractivity contribution in [3.63, 3.8) is 0 Å². The molecule has 0 aliphatic rings. The molecule has 0 bridgehead atoms. The SMILES string of the molecule is CC(C)(C)C(=O)/C=C(\O)C(C)(C)C.Cc1[c-]c(-c2nccc3c2ccc2ccncc23)cc(C)c1.[Ir]. The molecule has 2 aromatic heterocycles. The quantitative estimate of drug-likeness (QED) is 0.103. The molecule has 4 rings (SSSR count). The summed E-state index contributed by atoms with van der Waals surface area (Å²) in [4.78, 5) is 20.4. The van der Waals surface area contributed by atoms with Gasteiger partial charge in [0.1, 0.15) is 5.76 Å². The summed E-state index contributed by atoms with van der Waals surface area (Å²) in [6, 6.07) is 16.1. The summed E-state index contributed by atoms with van der Waals surface area (Å²) in [5.41, 5.74) is 3.63. The van der Waals surface area contributed by atoms with Crippen molar-refractivity contribution in [3.8, 4) is 11.3 Å². The summed E-state index contributed by atoms with van der Waals surface area (Å²) >= 11 is 0. The Kier molecular flexibility index (Phi) is 9.34. The molecule has 0 unspecified atom stereocenters. The van der Waals surface area contributed by atoms with Gasteiger partial charge in [-0.05, 0) is 34.0 Å². The first-order valence-electron chi connectivity index (χ1n) is 11.9. The maximum Gasteiger partial charge on any atom is 0.164 e. The first-order chi connectivity index (χ1) is 16.3. The van der Waals surface area contributed by atoms with E-state index in [0.29, 0.717) is 0 Å². The Morgan fingerprint density at radius 1 is 0.889 bits per heavy atom. The number of aliphatic hydroxyl groups is 1. The van der Waals surface area contributed by atoms with Gasteiger partial charge in [-0.3, -0.25) is 9.78 Å². The second-order valence-electron chi connectivity index (χ2n) is 11.1. The third-order valence-electron chi connectivity index (χ3n) is 5.74. The van der Waals surface area contributed by atoms with E-state index in [1.807, 2.05) is 66.2 Å². The van der Waals surface area contributed by atoms with Crippen LogP contribution in [-0.2, 0) is 24.9 Å². The van der Waals surface area contributed by atoms with Gasteiger partial charge in [-0.25, -0.2) is 0 Å². The zero-order chi connectivity index (χ0) is 26.0. The molecule has 0 aliphatic heterocycles. The van der Waals surface area contributed by atoms with Crippen molar-refractivity contribution in [2.45, 2.75) is 55.4 Å². The van der Waals surface area contributed by atoms with Crippen LogP contribution in [0.1, 0.15) is 52.7 Å². The molecular formula is C31H35IrN2O2-.